The lowest BCUT2D eigenvalue weighted by atomic mass is 9.91. The number of methoxy groups -OCH3 is 1. The zero-order chi connectivity index (χ0) is 21.8. The molecule has 9 nitrogen and oxygen atoms in total. The maximum atomic E-state index is 12.5. The van der Waals surface area contributed by atoms with Gasteiger partial charge in [-0.25, -0.2) is 0 Å². The Bertz CT molecular complexity index is 995. The Morgan fingerprint density at radius 3 is 2.61 bits per heavy atom. The second kappa shape index (κ2) is 9.40. The van der Waals surface area contributed by atoms with E-state index in [1.54, 1.807) is 18.2 Å². The molecular formula is C22H25NO8. The smallest absolute Gasteiger partial charge is 0.306 e. The molecule has 2 aliphatic rings. The van der Waals surface area contributed by atoms with Gasteiger partial charge >= 0.3 is 5.97 Å². The van der Waals surface area contributed by atoms with E-state index in [4.69, 9.17) is 23.4 Å². The van der Waals surface area contributed by atoms with Gasteiger partial charge in [-0.1, -0.05) is 6.07 Å². The molecule has 1 fully saturated rings. The summed E-state index contributed by atoms with van der Waals surface area (Å²) in [5, 5.41) is 10.5. The topological polar surface area (TPSA) is 108 Å². The molecule has 0 saturated carbocycles. The fraction of sp³-hybridized carbons (Fsp3) is 0.455. The van der Waals surface area contributed by atoms with Crippen LogP contribution in [0, 0.1) is 0 Å². The van der Waals surface area contributed by atoms with Crippen molar-refractivity contribution in [1.29, 1.82) is 0 Å². The molecule has 0 radical (unpaired) electrons. The molecule has 9 heteroatoms. The van der Waals surface area contributed by atoms with Crippen LogP contribution in [-0.4, -0.2) is 62.6 Å². The zero-order valence-electron chi connectivity index (χ0n) is 17.3. The number of benzene rings is 1. The average Bonchev–Trinajstić information content (AvgIpc) is 2.80. The maximum Gasteiger partial charge on any atom is 0.306 e. The van der Waals surface area contributed by atoms with E-state index in [-0.39, 0.29) is 12.2 Å². The number of hydrogen-bond donors (Lipinski definition) is 1. The molecule has 4 rings (SSSR count). The highest BCUT2D eigenvalue weighted by Gasteiger charge is 2.28. The Kier molecular flexibility index (Phi) is 6.43. The fourth-order valence-corrected chi connectivity index (χ4v) is 3.74. The number of aromatic hydroxyl groups is 1. The lowest BCUT2D eigenvalue weighted by Gasteiger charge is -2.26. The van der Waals surface area contributed by atoms with E-state index in [1.165, 1.54) is 13.2 Å². The van der Waals surface area contributed by atoms with Crippen molar-refractivity contribution >= 4 is 5.97 Å². The number of nitrogens with zero attached hydrogens (tertiary/aromatic N) is 1. The van der Waals surface area contributed by atoms with Gasteiger partial charge in [0.15, 0.2) is 17.3 Å². The summed E-state index contributed by atoms with van der Waals surface area (Å²) >= 11 is 0. The standard InChI is InChI=1S/C22H25NO8/c1-27-20(25)12-16(14-2-3-18-19(10-14)30-9-8-29-18)22-21(26)17(24)11-15(31-22)13-23-4-6-28-7-5-23/h2-3,10-11,16,26H,4-9,12-13H2,1H3. The number of carbonyl (C=O) groups is 1. The molecule has 1 aromatic heterocycles. The first-order valence-electron chi connectivity index (χ1n) is 10.2. The number of morpholine rings is 1. The molecule has 166 valence electrons. The van der Waals surface area contributed by atoms with Crippen LogP contribution in [0.3, 0.4) is 0 Å². The van der Waals surface area contributed by atoms with E-state index in [1.807, 2.05) is 0 Å². The van der Waals surface area contributed by atoms with Crippen molar-refractivity contribution < 1.29 is 33.3 Å². The van der Waals surface area contributed by atoms with E-state index >= 15 is 0 Å². The van der Waals surface area contributed by atoms with Crippen molar-refractivity contribution in [2.75, 3.05) is 46.6 Å². The van der Waals surface area contributed by atoms with E-state index in [0.717, 1.165) is 0 Å². The summed E-state index contributed by atoms with van der Waals surface area (Å²) in [6, 6.07) is 6.51. The van der Waals surface area contributed by atoms with Crippen LogP contribution < -0.4 is 14.9 Å². The summed E-state index contributed by atoms with van der Waals surface area (Å²) in [4.78, 5) is 26.8. The number of ether oxygens (including phenoxy) is 4. The zero-order valence-corrected chi connectivity index (χ0v) is 17.3. The number of esters is 1. The van der Waals surface area contributed by atoms with Gasteiger partial charge in [0.05, 0.1) is 39.2 Å². The van der Waals surface area contributed by atoms with Gasteiger partial charge < -0.3 is 28.5 Å². The molecule has 3 heterocycles. The first kappa shape index (κ1) is 21.2. The van der Waals surface area contributed by atoms with Gasteiger partial charge in [-0.2, -0.15) is 0 Å². The van der Waals surface area contributed by atoms with Crippen LogP contribution in [0.5, 0.6) is 17.2 Å². The lowest BCUT2D eigenvalue weighted by Crippen LogP contribution is -2.35. The van der Waals surface area contributed by atoms with Crippen LogP contribution in [0.15, 0.2) is 33.5 Å². The Balaban J connectivity index is 1.72. The highest BCUT2D eigenvalue weighted by molar-refractivity contribution is 5.71. The fourth-order valence-electron chi connectivity index (χ4n) is 3.74. The largest absolute Gasteiger partial charge is 0.502 e. The van der Waals surface area contributed by atoms with Crippen molar-refractivity contribution in [3.8, 4) is 17.2 Å². The van der Waals surface area contributed by atoms with Gasteiger partial charge in [-0.3, -0.25) is 14.5 Å². The lowest BCUT2D eigenvalue weighted by molar-refractivity contribution is -0.140. The normalized spacial score (nSPS) is 17.2. The summed E-state index contributed by atoms with van der Waals surface area (Å²) < 4.78 is 27.4. The third-order valence-corrected chi connectivity index (χ3v) is 5.37. The molecule has 0 bridgehead atoms. The van der Waals surface area contributed by atoms with Gasteiger partial charge in [-0.15, -0.1) is 0 Å². The summed E-state index contributed by atoms with van der Waals surface area (Å²) in [6.07, 6.45) is -0.117. The SMILES string of the molecule is COC(=O)CC(c1ccc2c(c1)OCCO2)c1oc(CN2CCOCC2)cc(=O)c1O. The molecule has 31 heavy (non-hydrogen) atoms. The van der Waals surface area contributed by atoms with Crippen LogP contribution in [0.2, 0.25) is 0 Å². The molecule has 2 aliphatic heterocycles. The van der Waals surface area contributed by atoms with E-state index < -0.39 is 23.1 Å². The van der Waals surface area contributed by atoms with Crippen LogP contribution in [0.4, 0.5) is 0 Å². The Hall–Kier alpha value is -3.04. The van der Waals surface area contributed by atoms with Crippen LogP contribution in [0.1, 0.15) is 29.4 Å². The summed E-state index contributed by atoms with van der Waals surface area (Å²) in [5.74, 6) is -0.191. The van der Waals surface area contributed by atoms with Crippen molar-refractivity contribution in [2.24, 2.45) is 0 Å². The third-order valence-electron chi connectivity index (χ3n) is 5.37. The van der Waals surface area contributed by atoms with Crippen molar-refractivity contribution in [3.63, 3.8) is 0 Å². The van der Waals surface area contributed by atoms with Crippen molar-refractivity contribution in [3.05, 3.63) is 51.6 Å². The van der Waals surface area contributed by atoms with Gasteiger partial charge in [0, 0.05) is 19.2 Å². The molecule has 1 atom stereocenters. The maximum absolute atomic E-state index is 12.5. The predicted octanol–water partition coefficient (Wildman–Crippen LogP) is 1.64. The highest BCUT2D eigenvalue weighted by atomic mass is 16.6. The first-order chi connectivity index (χ1) is 15.0. The number of hydrogen-bond acceptors (Lipinski definition) is 9. The number of rotatable bonds is 6. The third kappa shape index (κ3) is 4.83. The molecule has 0 spiro atoms. The molecule has 0 aliphatic carbocycles. The van der Waals surface area contributed by atoms with Crippen LogP contribution in [-0.2, 0) is 20.8 Å². The van der Waals surface area contributed by atoms with Gasteiger partial charge in [-0.05, 0) is 17.7 Å². The van der Waals surface area contributed by atoms with Crippen LogP contribution in [0.25, 0.3) is 0 Å². The Labute approximate surface area is 179 Å². The molecule has 1 unspecified atom stereocenters. The quantitative estimate of drug-likeness (QED) is 0.683. The molecule has 1 saturated heterocycles. The second-order valence-corrected chi connectivity index (χ2v) is 7.41. The van der Waals surface area contributed by atoms with Gasteiger partial charge in [0.2, 0.25) is 11.2 Å². The Morgan fingerprint density at radius 2 is 1.87 bits per heavy atom. The predicted molar refractivity (Wildman–Crippen MR) is 109 cm³/mol. The van der Waals surface area contributed by atoms with E-state index in [9.17, 15) is 14.7 Å². The molecule has 1 N–H and O–H groups in total. The summed E-state index contributed by atoms with van der Waals surface area (Å²) in [7, 11) is 1.29. The highest BCUT2D eigenvalue weighted by Crippen LogP contribution is 2.38. The van der Waals surface area contributed by atoms with E-state index in [2.05, 4.69) is 4.90 Å². The first-order valence-corrected chi connectivity index (χ1v) is 10.2. The van der Waals surface area contributed by atoms with Crippen LogP contribution >= 0.6 is 0 Å². The Morgan fingerprint density at radius 1 is 1.13 bits per heavy atom. The molecule has 0 amide bonds. The van der Waals surface area contributed by atoms with Crippen molar-refractivity contribution in [1.82, 2.24) is 4.90 Å². The van der Waals surface area contributed by atoms with E-state index in [0.29, 0.717) is 68.9 Å². The monoisotopic (exact) mass is 431 g/mol. The minimum absolute atomic E-state index is 0.0258. The number of fused-ring (bicyclic) bond motifs is 1. The van der Waals surface area contributed by atoms with Gasteiger partial charge in [0.1, 0.15) is 19.0 Å². The number of carbonyl (C=O) groups excluding carboxylic acids is 1. The second-order valence-electron chi connectivity index (χ2n) is 7.41. The van der Waals surface area contributed by atoms with Gasteiger partial charge in [0.25, 0.3) is 0 Å². The molecule has 2 aromatic rings. The minimum Gasteiger partial charge on any atom is -0.502 e. The minimum atomic E-state index is -0.736. The summed E-state index contributed by atoms with van der Waals surface area (Å²) in [5.41, 5.74) is 0.0774. The summed E-state index contributed by atoms with van der Waals surface area (Å²) in [6.45, 7) is 3.92. The van der Waals surface area contributed by atoms with Crippen molar-refractivity contribution in [2.45, 2.75) is 18.9 Å². The molecule has 1 aromatic carbocycles. The molecular weight excluding hydrogens is 406 g/mol. The average molecular weight is 431 g/mol.